The molecule has 0 saturated heterocycles. The van der Waals surface area contributed by atoms with Gasteiger partial charge in [-0.05, 0) is 38.1 Å². The third-order valence-electron chi connectivity index (χ3n) is 2.84. The summed E-state index contributed by atoms with van der Waals surface area (Å²) < 4.78 is 5.06. The van der Waals surface area contributed by atoms with Crippen molar-refractivity contribution in [1.82, 2.24) is 9.97 Å². The van der Waals surface area contributed by atoms with Gasteiger partial charge in [-0.2, -0.15) is 0 Å². The normalized spacial score (nSPS) is 10.3. The van der Waals surface area contributed by atoms with Crippen molar-refractivity contribution >= 4 is 23.5 Å². The lowest BCUT2D eigenvalue weighted by Crippen LogP contribution is -2.19. The SMILES string of the molecule is CC(C)OC(=O)c1ccc(NC(=O)c2nccnc2C(=O)O)cc1. The van der Waals surface area contributed by atoms with E-state index in [2.05, 4.69) is 15.3 Å². The van der Waals surface area contributed by atoms with Gasteiger partial charge in [0.1, 0.15) is 0 Å². The molecule has 0 unspecified atom stereocenters. The first-order chi connectivity index (χ1) is 11.4. The number of carboxylic acids is 1. The van der Waals surface area contributed by atoms with Crippen LogP contribution in [0.4, 0.5) is 5.69 Å². The Kier molecular flexibility index (Phi) is 5.20. The molecule has 0 saturated carbocycles. The number of anilines is 1. The van der Waals surface area contributed by atoms with Gasteiger partial charge in [-0.1, -0.05) is 0 Å². The molecule has 0 aliphatic carbocycles. The number of amides is 1. The van der Waals surface area contributed by atoms with E-state index in [1.807, 2.05) is 0 Å². The second-order valence-electron chi connectivity index (χ2n) is 5.04. The Hall–Kier alpha value is -3.29. The number of carbonyl (C=O) groups is 3. The van der Waals surface area contributed by atoms with Crippen LogP contribution in [0.5, 0.6) is 0 Å². The zero-order valence-electron chi connectivity index (χ0n) is 13.0. The van der Waals surface area contributed by atoms with Crippen molar-refractivity contribution in [3.8, 4) is 0 Å². The number of aromatic carboxylic acids is 1. The molecule has 1 aromatic carbocycles. The van der Waals surface area contributed by atoms with E-state index < -0.39 is 23.5 Å². The Labute approximate surface area is 137 Å². The zero-order chi connectivity index (χ0) is 17.7. The lowest BCUT2D eigenvalue weighted by Gasteiger charge is -2.09. The van der Waals surface area contributed by atoms with Crippen LogP contribution in [0, 0.1) is 0 Å². The predicted molar refractivity (Wildman–Crippen MR) is 83.9 cm³/mol. The van der Waals surface area contributed by atoms with Crippen LogP contribution >= 0.6 is 0 Å². The monoisotopic (exact) mass is 329 g/mol. The quantitative estimate of drug-likeness (QED) is 0.805. The van der Waals surface area contributed by atoms with Gasteiger partial charge in [0.25, 0.3) is 5.91 Å². The molecule has 8 heteroatoms. The molecule has 0 bridgehead atoms. The topological polar surface area (TPSA) is 118 Å². The molecule has 0 radical (unpaired) electrons. The molecule has 1 amide bonds. The summed E-state index contributed by atoms with van der Waals surface area (Å²) >= 11 is 0. The van der Waals surface area contributed by atoms with Crippen LogP contribution in [-0.4, -0.2) is 39.0 Å². The second-order valence-corrected chi connectivity index (χ2v) is 5.04. The first-order valence-electron chi connectivity index (χ1n) is 7.05. The van der Waals surface area contributed by atoms with Gasteiger partial charge in [0, 0.05) is 18.1 Å². The first-order valence-corrected chi connectivity index (χ1v) is 7.05. The number of hydrogen-bond acceptors (Lipinski definition) is 6. The number of hydrogen-bond donors (Lipinski definition) is 2. The Balaban J connectivity index is 2.13. The second kappa shape index (κ2) is 7.32. The van der Waals surface area contributed by atoms with Gasteiger partial charge in [-0.15, -0.1) is 0 Å². The van der Waals surface area contributed by atoms with Crippen molar-refractivity contribution in [2.24, 2.45) is 0 Å². The van der Waals surface area contributed by atoms with Gasteiger partial charge in [0.2, 0.25) is 0 Å². The fourth-order valence-electron chi connectivity index (χ4n) is 1.82. The van der Waals surface area contributed by atoms with E-state index in [0.29, 0.717) is 11.3 Å². The minimum atomic E-state index is -1.35. The van der Waals surface area contributed by atoms with Gasteiger partial charge in [-0.3, -0.25) is 4.79 Å². The number of esters is 1. The summed E-state index contributed by atoms with van der Waals surface area (Å²) in [5.41, 5.74) is -0.0176. The van der Waals surface area contributed by atoms with E-state index in [9.17, 15) is 14.4 Å². The summed E-state index contributed by atoms with van der Waals surface area (Å²) in [6, 6.07) is 6.00. The standard InChI is InChI=1S/C16H15N3O5/c1-9(2)24-16(23)10-3-5-11(6-4-10)19-14(20)12-13(15(21)22)18-8-7-17-12/h3-9H,1-2H3,(H,19,20)(H,21,22). The molecular weight excluding hydrogens is 314 g/mol. The van der Waals surface area contributed by atoms with E-state index in [1.165, 1.54) is 36.7 Å². The number of carbonyl (C=O) groups excluding carboxylic acids is 2. The first kappa shape index (κ1) is 17.1. The summed E-state index contributed by atoms with van der Waals surface area (Å²) in [5.74, 6) is -2.52. The fourth-order valence-corrected chi connectivity index (χ4v) is 1.82. The van der Waals surface area contributed by atoms with Crippen molar-refractivity contribution in [3.05, 3.63) is 53.6 Å². The van der Waals surface area contributed by atoms with Crippen LogP contribution in [0.25, 0.3) is 0 Å². The van der Waals surface area contributed by atoms with E-state index in [-0.39, 0.29) is 11.8 Å². The molecule has 0 atom stereocenters. The van der Waals surface area contributed by atoms with Crippen LogP contribution < -0.4 is 5.32 Å². The van der Waals surface area contributed by atoms with Gasteiger partial charge < -0.3 is 15.2 Å². The molecule has 24 heavy (non-hydrogen) atoms. The number of rotatable bonds is 5. The lowest BCUT2D eigenvalue weighted by molar-refractivity contribution is 0.0377. The Morgan fingerprint density at radius 1 is 1.04 bits per heavy atom. The Morgan fingerprint density at radius 2 is 1.62 bits per heavy atom. The smallest absolute Gasteiger partial charge is 0.356 e. The minimum Gasteiger partial charge on any atom is -0.476 e. The molecule has 2 aromatic rings. The summed E-state index contributed by atoms with van der Waals surface area (Å²) in [6.07, 6.45) is 2.19. The molecule has 8 nitrogen and oxygen atoms in total. The van der Waals surface area contributed by atoms with E-state index >= 15 is 0 Å². The fraction of sp³-hybridized carbons (Fsp3) is 0.188. The van der Waals surface area contributed by atoms with E-state index in [0.717, 1.165) is 0 Å². The highest BCUT2D eigenvalue weighted by Gasteiger charge is 2.19. The molecule has 0 fully saturated rings. The Bertz CT molecular complexity index is 772. The molecule has 2 rings (SSSR count). The van der Waals surface area contributed by atoms with Crippen molar-refractivity contribution in [3.63, 3.8) is 0 Å². The molecule has 2 N–H and O–H groups in total. The van der Waals surface area contributed by atoms with Crippen LogP contribution in [0.2, 0.25) is 0 Å². The summed E-state index contributed by atoms with van der Waals surface area (Å²) in [7, 11) is 0. The van der Waals surface area contributed by atoms with E-state index in [4.69, 9.17) is 9.84 Å². The van der Waals surface area contributed by atoms with Crippen LogP contribution in [-0.2, 0) is 4.74 Å². The number of carboxylic acid groups (broad SMARTS) is 1. The minimum absolute atomic E-state index is 0.233. The number of benzene rings is 1. The van der Waals surface area contributed by atoms with Gasteiger partial charge >= 0.3 is 11.9 Å². The molecule has 124 valence electrons. The maximum atomic E-state index is 12.1. The highest BCUT2D eigenvalue weighted by atomic mass is 16.5. The van der Waals surface area contributed by atoms with Gasteiger partial charge in [0.15, 0.2) is 11.4 Å². The van der Waals surface area contributed by atoms with Gasteiger partial charge in [0.05, 0.1) is 11.7 Å². The third-order valence-corrected chi connectivity index (χ3v) is 2.84. The van der Waals surface area contributed by atoms with Crippen molar-refractivity contribution < 1.29 is 24.2 Å². The number of nitrogens with one attached hydrogen (secondary N) is 1. The number of nitrogens with zero attached hydrogens (tertiary/aromatic N) is 2. The zero-order valence-corrected chi connectivity index (χ0v) is 13.0. The summed E-state index contributed by atoms with van der Waals surface area (Å²) in [5, 5.41) is 11.5. The van der Waals surface area contributed by atoms with Crippen molar-refractivity contribution in [1.29, 1.82) is 0 Å². The number of aromatic nitrogens is 2. The van der Waals surface area contributed by atoms with Crippen molar-refractivity contribution in [2.45, 2.75) is 20.0 Å². The highest BCUT2D eigenvalue weighted by Crippen LogP contribution is 2.13. The Morgan fingerprint density at radius 3 is 2.17 bits per heavy atom. The molecule has 0 aliphatic heterocycles. The lowest BCUT2D eigenvalue weighted by atomic mass is 10.2. The average molecular weight is 329 g/mol. The third kappa shape index (κ3) is 4.13. The average Bonchev–Trinajstić information content (AvgIpc) is 2.54. The van der Waals surface area contributed by atoms with Crippen LogP contribution in [0.3, 0.4) is 0 Å². The molecule has 0 aliphatic rings. The summed E-state index contributed by atoms with van der Waals surface area (Å²) in [6.45, 7) is 3.49. The molecular formula is C16H15N3O5. The molecule has 1 heterocycles. The predicted octanol–water partition coefficient (Wildman–Crippen LogP) is 1.99. The largest absolute Gasteiger partial charge is 0.476 e. The maximum Gasteiger partial charge on any atom is 0.356 e. The number of ether oxygens (including phenoxy) is 1. The molecule has 0 spiro atoms. The van der Waals surface area contributed by atoms with Crippen molar-refractivity contribution in [2.75, 3.05) is 5.32 Å². The van der Waals surface area contributed by atoms with Crippen LogP contribution in [0.15, 0.2) is 36.7 Å². The highest BCUT2D eigenvalue weighted by molar-refractivity contribution is 6.08. The maximum absolute atomic E-state index is 12.1. The van der Waals surface area contributed by atoms with Gasteiger partial charge in [-0.25, -0.2) is 19.6 Å². The van der Waals surface area contributed by atoms with Crippen LogP contribution in [0.1, 0.15) is 45.2 Å². The summed E-state index contributed by atoms with van der Waals surface area (Å²) in [4.78, 5) is 42.3. The van der Waals surface area contributed by atoms with E-state index in [1.54, 1.807) is 13.8 Å². The molecule has 1 aromatic heterocycles.